The Morgan fingerprint density at radius 1 is 1.33 bits per heavy atom. The molecule has 2 N–H and O–H groups in total. The summed E-state index contributed by atoms with van der Waals surface area (Å²) >= 11 is 0. The van der Waals surface area contributed by atoms with Crippen LogP contribution in [-0.4, -0.2) is 27.2 Å². The molecule has 2 rings (SSSR count). The summed E-state index contributed by atoms with van der Waals surface area (Å²) in [5.74, 6) is -0.385. The molecule has 0 aliphatic carbocycles. The summed E-state index contributed by atoms with van der Waals surface area (Å²) < 4.78 is 1.90. The smallest absolute Gasteiger partial charge is 0.243 e. The normalized spacial score (nSPS) is 12.4. The van der Waals surface area contributed by atoms with Crippen LogP contribution < -0.4 is 10.6 Å². The first-order valence-electron chi connectivity index (χ1n) is 6.95. The Bertz CT molecular complexity index is 615. The number of carbonyl (C=O) groups is 2. The maximum absolute atomic E-state index is 12.1. The average molecular weight is 288 g/mol. The van der Waals surface area contributed by atoms with Gasteiger partial charge in [0.25, 0.3) is 0 Å². The van der Waals surface area contributed by atoms with Gasteiger partial charge in [0.05, 0.1) is 12.2 Å². The maximum Gasteiger partial charge on any atom is 0.243 e. The van der Waals surface area contributed by atoms with Gasteiger partial charge in [-0.15, -0.1) is 0 Å². The zero-order valence-electron chi connectivity index (χ0n) is 12.5. The Balaban J connectivity index is 2.00. The molecular weight excluding hydrogens is 268 g/mol. The van der Waals surface area contributed by atoms with Crippen LogP contribution in [0, 0.1) is 5.92 Å². The van der Waals surface area contributed by atoms with Crippen LogP contribution in [0.15, 0.2) is 30.6 Å². The first-order valence-corrected chi connectivity index (χ1v) is 6.95. The quantitative estimate of drug-likeness (QED) is 0.865. The van der Waals surface area contributed by atoms with Crippen molar-refractivity contribution in [2.24, 2.45) is 5.92 Å². The van der Waals surface area contributed by atoms with E-state index in [0.717, 1.165) is 11.3 Å². The van der Waals surface area contributed by atoms with Crippen LogP contribution >= 0.6 is 0 Å². The van der Waals surface area contributed by atoms with Crippen molar-refractivity contribution < 1.29 is 9.59 Å². The van der Waals surface area contributed by atoms with Gasteiger partial charge in [-0.25, -0.2) is 4.98 Å². The number of hydrogen-bond donors (Lipinski definition) is 2. The van der Waals surface area contributed by atoms with E-state index in [1.165, 1.54) is 6.92 Å². The van der Waals surface area contributed by atoms with Crippen molar-refractivity contribution in [2.75, 3.05) is 0 Å². The summed E-state index contributed by atoms with van der Waals surface area (Å²) in [6, 6.07) is 5.21. The first-order chi connectivity index (χ1) is 9.97. The Morgan fingerprint density at radius 3 is 2.71 bits per heavy atom. The molecular formula is C15H20N4O2. The molecule has 0 radical (unpaired) electrons. The minimum Gasteiger partial charge on any atom is -0.349 e. The van der Waals surface area contributed by atoms with Gasteiger partial charge in [0, 0.05) is 19.3 Å². The minimum absolute atomic E-state index is 0.0231. The zero-order chi connectivity index (χ0) is 15.4. The highest BCUT2D eigenvalue weighted by Gasteiger charge is 2.22. The number of hydrogen-bond acceptors (Lipinski definition) is 3. The maximum atomic E-state index is 12.1. The molecule has 0 aliphatic rings. The van der Waals surface area contributed by atoms with Crippen LogP contribution in [0.4, 0.5) is 0 Å². The number of rotatable bonds is 5. The highest BCUT2D eigenvalue weighted by atomic mass is 16.2. The van der Waals surface area contributed by atoms with Gasteiger partial charge in [0.2, 0.25) is 11.8 Å². The lowest BCUT2D eigenvalue weighted by Crippen LogP contribution is -2.48. The van der Waals surface area contributed by atoms with Gasteiger partial charge >= 0.3 is 0 Å². The number of carbonyl (C=O) groups excluding carboxylic acids is 2. The van der Waals surface area contributed by atoms with E-state index in [1.807, 2.05) is 48.8 Å². The SMILES string of the molecule is CC(=O)NC(C(=O)NCc1cn2ccccc2n1)C(C)C. The van der Waals surface area contributed by atoms with Crippen LogP contribution in [0.5, 0.6) is 0 Å². The van der Waals surface area contributed by atoms with Crippen molar-refractivity contribution in [3.63, 3.8) is 0 Å². The van der Waals surface area contributed by atoms with Crippen molar-refractivity contribution in [3.8, 4) is 0 Å². The molecule has 2 amide bonds. The van der Waals surface area contributed by atoms with E-state index in [9.17, 15) is 9.59 Å². The fourth-order valence-electron chi connectivity index (χ4n) is 2.11. The lowest BCUT2D eigenvalue weighted by atomic mass is 10.0. The van der Waals surface area contributed by atoms with Gasteiger partial charge in [-0.1, -0.05) is 19.9 Å². The fourth-order valence-corrected chi connectivity index (χ4v) is 2.11. The van der Waals surface area contributed by atoms with Crippen molar-refractivity contribution in [3.05, 3.63) is 36.3 Å². The van der Waals surface area contributed by atoms with E-state index < -0.39 is 6.04 Å². The predicted octanol–water partition coefficient (Wildman–Crippen LogP) is 1.11. The molecule has 0 aliphatic heterocycles. The van der Waals surface area contributed by atoms with Gasteiger partial charge < -0.3 is 15.0 Å². The molecule has 1 atom stereocenters. The summed E-state index contributed by atoms with van der Waals surface area (Å²) in [6.45, 7) is 5.53. The number of pyridine rings is 1. The third-order valence-electron chi connectivity index (χ3n) is 3.17. The number of nitrogens with one attached hydrogen (secondary N) is 2. The van der Waals surface area contributed by atoms with E-state index >= 15 is 0 Å². The monoisotopic (exact) mass is 288 g/mol. The minimum atomic E-state index is -0.528. The van der Waals surface area contributed by atoms with Gasteiger partial charge in [0.15, 0.2) is 0 Å². The van der Waals surface area contributed by atoms with E-state index in [0.29, 0.717) is 6.54 Å². The van der Waals surface area contributed by atoms with Crippen LogP contribution in [-0.2, 0) is 16.1 Å². The molecule has 2 aromatic rings. The van der Waals surface area contributed by atoms with Crippen molar-refractivity contribution in [1.82, 2.24) is 20.0 Å². The number of amides is 2. The molecule has 21 heavy (non-hydrogen) atoms. The summed E-state index contributed by atoms with van der Waals surface area (Å²) in [5.41, 5.74) is 1.61. The van der Waals surface area contributed by atoms with E-state index in [1.54, 1.807) is 0 Å². The molecule has 112 valence electrons. The van der Waals surface area contributed by atoms with E-state index in [4.69, 9.17) is 0 Å². The largest absolute Gasteiger partial charge is 0.349 e. The fraction of sp³-hybridized carbons (Fsp3) is 0.400. The summed E-state index contributed by atoms with van der Waals surface area (Å²) in [6.07, 6.45) is 3.78. The number of fused-ring (bicyclic) bond motifs is 1. The summed E-state index contributed by atoms with van der Waals surface area (Å²) in [5, 5.41) is 5.48. The Kier molecular flexibility index (Phi) is 4.57. The van der Waals surface area contributed by atoms with Crippen LogP contribution in [0.25, 0.3) is 5.65 Å². The first kappa shape index (κ1) is 15.0. The molecule has 6 heteroatoms. The van der Waals surface area contributed by atoms with Crippen molar-refractivity contribution in [1.29, 1.82) is 0 Å². The lowest BCUT2D eigenvalue weighted by molar-refractivity contribution is -0.129. The van der Waals surface area contributed by atoms with E-state index in [-0.39, 0.29) is 17.7 Å². The molecule has 0 spiro atoms. The molecule has 0 bridgehead atoms. The van der Waals surface area contributed by atoms with Gasteiger partial charge in [-0.3, -0.25) is 9.59 Å². The third-order valence-corrected chi connectivity index (χ3v) is 3.17. The summed E-state index contributed by atoms with van der Waals surface area (Å²) in [4.78, 5) is 27.7. The van der Waals surface area contributed by atoms with Crippen LogP contribution in [0.3, 0.4) is 0 Å². The Hall–Kier alpha value is -2.37. The van der Waals surface area contributed by atoms with Crippen LogP contribution in [0.2, 0.25) is 0 Å². The second-order valence-electron chi connectivity index (χ2n) is 5.34. The summed E-state index contributed by atoms with van der Waals surface area (Å²) in [7, 11) is 0. The molecule has 1 unspecified atom stereocenters. The highest BCUT2D eigenvalue weighted by Crippen LogP contribution is 2.05. The Labute approximate surface area is 123 Å². The van der Waals surface area contributed by atoms with Crippen molar-refractivity contribution in [2.45, 2.75) is 33.4 Å². The second-order valence-corrected chi connectivity index (χ2v) is 5.34. The molecule has 0 saturated heterocycles. The number of aromatic nitrogens is 2. The van der Waals surface area contributed by atoms with Gasteiger partial charge in [0.1, 0.15) is 11.7 Å². The molecule has 0 saturated carbocycles. The topological polar surface area (TPSA) is 75.5 Å². The molecule has 2 aromatic heterocycles. The van der Waals surface area contributed by atoms with Crippen LogP contribution in [0.1, 0.15) is 26.5 Å². The third kappa shape index (κ3) is 3.81. The standard InChI is InChI=1S/C15H20N4O2/c1-10(2)14(17-11(3)20)15(21)16-8-12-9-19-7-5-4-6-13(19)18-12/h4-7,9-10,14H,8H2,1-3H3,(H,16,21)(H,17,20). The predicted molar refractivity (Wildman–Crippen MR) is 79.5 cm³/mol. The van der Waals surface area contributed by atoms with Gasteiger partial charge in [-0.2, -0.15) is 0 Å². The second kappa shape index (κ2) is 6.39. The average Bonchev–Trinajstić information content (AvgIpc) is 2.84. The lowest BCUT2D eigenvalue weighted by Gasteiger charge is -2.20. The van der Waals surface area contributed by atoms with Gasteiger partial charge in [-0.05, 0) is 18.1 Å². The van der Waals surface area contributed by atoms with Crippen molar-refractivity contribution >= 4 is 17.5 Å². The molecule has 0 aromatic carbocycles. The molecule has 2 heterocycles. The molecule has 6 nitrogen and oxygen atoms in total. The number of nitrogens with zero attached hydrogens (tertiary/aromatic N) is 2. The number of imidazole rings is 1. The zero-order valence-corrected chi connectivity index (χ0v) is 12.5. The Morgan fingerprint density at radius 2 is 2.10 bits per heavy atom. The molecule has 0 fully saturated rings. The highest BCUT2D eigenvalue weighted by molar-refractivity contribution is 5.86. The van der Waals surface area contributed by atoms with E-state index in [2.05, 4.69) is 15.6 Å².